The number of thiophene rings is 1. The van der Waals surface area contributed by atoms with Crippen molar-refractivity contribution in [2.75, 3.05) is 23.9 Å². The van der Waals surface area contributed by atoms with E-state index in [9.17, 15) is 0 Å². The maximum absolute atomic E-state index is 5.90. The average Bonchev–Trinajstić information content (AvgIpc) is 2.81. The lowest BCUT2D eigenvalue weighted by atomic mass is 10.2. The van der Waals surface area contributed by atoms with Crippen LogP contribution in [0.25, 0.3) is 10.2 Å². The average molecular weight is 302 g/mol. The smallest absolute Gasteiger partial charge is 0.225 e. The van der Waals surface area contributed by atoms with Gasteiger partial charge in [0, 0.05) is 6.54 Å². The Morgan fingerprint density at radius 2 is 2.22 bits per heavy atom. The highest BCUT2D eigenvalue weighted by molar-refractivity contribution is 7.98. The van der Waals surface area contributed by atoms with Crippen LogP contribution in [0.5, 0.6) is 0 Å². The molecular weight excluding hydrogens is 286 g/mol. The monoisotopic (exact) mass is 301 g/mol. The molecule has 0 bridgehead atoms. The number of hydrogen-bond acceptors (Lipinski definition) is 5. The summed E-state index contributed by atoms with van der Waals surface area (Å²) in [5, 5.41) is 6.75. The van der Waals surface area contributed by atoms with Gasteiger partial charge in [-0.25, -0.2) is 9.97 Å². The van der Waals surface area contributed by atoms with Crippen molar-refractivity contribution >= 4 is 50.7 Å². The number of halogens is 1. The number of rotatable bonds is 7. The van der Waals surface area contributed by atoms with E-state index in [4.69, 9.17) is 11.6 Å². The van der Waals surface area contributed by atoms with E-state index >= 15 is 0 Å². The van der Waals surface area contributed by atoms with Crippen molar-refractivity contribution in [2.24, 2.45) is 0 Å². The Morgan fingerprint density at radius 1 is 1.33 bits per heavy atom. The van der Waals surface area contributed by atoms with E-state index in [1.807, 2.05) is 23.2 Å². The van der Waals surface area contributed by atoms with Crippen LogP contribution in [0.15, 0.2) is 11.4 Å². The van der Waals surface area contributed by atoms with E-state index in [-0.39, 0.29) is 0 Å². The lowest BCUT2D eigenvalue weighted by Gasteiger charge is -2.06. The largest absolute Gasteiger partial charge is 0.369 e. The number of aromatic nitrogens is 2. The highest BCUT2D eigenvalue weighted by Gasteiger charge is 2.06. The molecule has 0 aliphatic heterocycles. The number of nitrogens with zero attached hydrogens (tertiary/aromatic N) is 2. The van der Waals surface area contributed by atoms with Crippen molar-refractivity contribution in [1.82, 2.24) is 9.97 Å². The van der Waals surface area contributed by atoms with Crippen LogP contribution in [0, 0.1) is 0 Å². The lowest BCUT2D eigenvalue weighted by Crippen LogP contribution is -2.04. The molecule has 0 fully saturated rings. The number of hydrogen-bond donors (Lipinski definition) is 1. The molecule has 0 atom stereocenters. The molecule has 2 heterocycles. The van der Waals surface area contributed by atoms with Gasteiger partial charge >= 0.3 is 0 Å². The third-order valence-electron chi connectivity index (χ3n) is 2.62. The van der Waals surface area contributed by atoms with Crippen molar-refractivity contribution in [3.05, 3.63) is 16.7 Å². The maximum atomic E-state index is 5.90. The molecule has 2 rings (SSSR count). The third-order valence-corrected chi connectivity index (χ3v) is 4.29. The molecule has 0 spiro atoms. The Hall–Kier alpha value is -0.520. The first-order valence-corrected chi connectivity index (χ1v) is 8.60. The van der Waals surface area contributed by atoms with Crippen LogP contribution in [0.1, 0.15) is 19.3 Å². The van der Waals surface area contributed by atoms with Gasteiger partial charge in [0.1, 0.15) is 10.6 Å². The van der Waals surface area contributed by atoms with Crippen molar-refractivity contribution < 1.29 is 0 Å². The Labute approximate surface area is 120 Å². The van der Waals surface area contributed by atoms with E-state index in [0.717, 1.165) is 29.0 Å². The maximum Gasteiger partial charge on any atom is 0.225 e. The van der Waals surface area contributed by atoms with Gasteiger partial charge in [0.05, 0.1) is 5.39 Å². The SMILES string of the molecule is CSCCCCCNc1nc(Cl)nc2sccc12. The summed E-state index contributed by atoms with van der Waals surface area (Å²) in [6, 6.07) is 2.03. The summed E-state index contributed by atoms with van der Waals surface area (Å²) < 4.78 is 0. The summed E-state index contributed by atoms with van der Waals surface area (Å²) in [5.41, 5.74) is 0. The fourth-order valence-electron chi connectivity index (χ4n) is 1.72. The molecule has 0 amide bonds. The van der Waals surface area contributed by atoms with Gasteiger partial charge in [-0.3, -0.25) is 0 Å². The van der Waals surface area contributed by atoms with Crippen molar-refractivity contribution in [3.63, 3.8) is 0 Å². The molecule has 0 aliphatic rings. The minimum atomic E-state index is 0.315. The van der Waals surface area contributed by atoms with E-state index in [0.29, 0.717) is 5.28 Å². The number of fused-ring (bicyclic) bond motifs is 1. The molecule has 2 aromatic rings. The second-order valence-electron chi connectivity index (χ2n) is 3.96. The van der Waals surface area contributed by atoms with Gasteiger partial charge in [0.25, 0.3) is 0 Å². The molecule has 1 N–H and O–H groups in total. The fraction of sp³-hybridized carbons (Fsp3) is 0.500. The molecule has 0 unspecified atom stereocenters. The predicted octanol–water partition coefficient (Wildman–Crippen LogP) is 4.29. The summed E-state index contributed by atoms with van der Waals surface area (Å²) in [7, 11) is 0. The quantitative estimate of drug-likeness (QED) is 0.611. The van der Waals surface area contributed by atoms with Crippen LogP contribution in [0.2, 0.25) is 5.28 Å². The van der Waals surface area contributed by atoms with E-state index < -0.39 is 0 Å². The molecule has 18 heavy (non-hydrogen) atoms. The van der Waals surface area contributed by atoms with Gasteiger partial charge in [-0.05, 0) is 47.9 Å². The summed E-state index contributed by atoms with van der Waals surface area (Å²) in [6.45, 7) is 0.937. The van der Waals surface area contributed by atoms with Crippen LogP contribution < -0.4 is 5.32 Å². The van der Waals surface area contributed by atoms with Crippen molar-refractivity contribution in [2.45, 2.75) is 19.3 Å². The summed E-state index contributed by atoms with van der Waals surface area (Å²) in [6.07, 6.45) is 5.84. The normalized spacial score (nSPS) is 11.0. The van der Waals surface area contributed by atoms with Gasteiger partial charge in [-0.2, -0.15) is 11.8 Å². The lowest BCUT2D eigenvalue weighted by molar-refractivity contribution is 0.748. The van der Waals surface area contributed by atoms with Gasteiger partial charge < -0.3 is 5.32 Å². The standard InChI is InChI=1S/C12H16ClN3S2/c1-17-7-4-2-3-6-14-10-9-5-8-18-11(9)16-12(13)15-10/h5,8H,2-4,6-7H2,1H3,(H,14,15,16). The Morgan fingerprint density at radius 3 is 3.06 bits per heavy atom. The molecule has 2 aromatic heterocycles. The number of anilines is 1. The second kappa shape index (κ2) is 7.16. The number of unbranched alkanes of at least 4 members (excludes halogenated alkanes) is 2. The summed E-state index contributed by atoms with van der Waals surface area (Å²) in [4.78, 5) is 9.39. The molecule has 0 aromatic carbocycles. The van der Waals surface area contributed by atoms with E-state index in [2.05, 4.69) is 21.5 Å². The second-order valence-corrected chi connectivity index (χ2v) is 6.18. The van der Waals surface area contributed by atoms with Crippen LogP contribution in [0.3, 0.4) is 0 Å². The molecule has 0 saturated carbocycles. The molecule has 6 heteroatoms. The van der Waals surface area contributed by atoms with Gasteiger partial charge in [0.15, 0.2) is 0 Å². The fourth-order valence-corrected chi connectivity index (χ4v) is 3.19. The zero-order chi connectivity index (χ0) is 12.8. The van der Waals surface area contributed by atoms with Crippen LogP contribution in [-0.4, -0.2) is 28.5 Å². The molecule has 0 saturated heterocycles. The molecule has 0 radical (unpaired) electrons. The molecule has 0 aliphatic carbocycles. The minimum absolute atomic E-state index is 0.315. The first-order valence-electron chi connectivity index (χ1n) is 5.95. The number of nitrogens with one attached hydrogen (secondary N) is 1. The highest BCUT2D eigenvalue weighted by atomic mass is 35.5. The number of thioether (sulfide) groups is 1. The van der Waals surface area contributed by atoms with Crippen LogP contribution in [-0.2, 0) is 0 Å². The minimum Gasteiger partial charge on any atom is -0.369 e. The Kier molecular flexibility index (Phi) is 5.53. The topological polar surface area (TPSA) is 37.8 Å². The van der Waals surface area contributed by atoms with Crippen molar-refractivity contribution in [1.29, 1.82) is 0 Å². The van der Waals surface area contributed by atoms with Gasteiger partial charge in [0.2, 0.25) is 5.28 Å². The molecular formula is C12H16ClN3S2. The third kappa shape index (κ3) is 3.73. The van der Waals surface area contributed by atoms with E-state index in [1.54, 1.807) is 11.3 Å². The Balaban J connectivity index is 1.89. The van der Waals surface area contributed by atoms with Crippen LogP contribution >= 0.6 is 34.7 Å². The van der Waals surface area contributed by atoms with Crippen LogP contribution in [0.4, 0.5) is 5.82 Å². The Bertz CT molecular complexity index is 501. The molecule has 98 valence electrons. The zero-order valence-corrected chi connectivity index (χ0v) is 12.7. The van der Waals surface area contributed by atoms with Gasteiger partial charge in [-0.15, -0.1) is 11.3 Å². The van der Waals surface area contributed by atoms with Crippen molar-refractivity contribution in [3.8, 4) is 0 Å². The summed E-state index contributed by atoms with van der Waals surface area (Å²) in [5.74, 6) is 2.10. The predicted molar refractivity (Wildman–Crippen MR) is 83.1 cm³/mol. The molecule has 3 nitrogen and oxygen atoms in total. The zero-order valence-electron chi connectivity index (χ0n) is 10.3. The first-order chi connectivity index (χ1) is 8.81. The summed E-state index contributed by atoms with van der Waals surface area (Å²) >= 11 is 9.40. The first kappa shape index (κ1) is 13.9. The van der Waals surface area contributed by atoms with Gasteiger partial charge in [-0.1, -0.05) is 6.42 Å². The van der Waals surface area contributed by atoms with E-state index in [1.165, 1.54) is 18.6 Å². The highest BCUT2D eigenvalue weighted by Crippen LogP contribution is 2.26.